The van der Waals surface area contributed by atoms with Crippen LogP contribution < -0.4 is 5.73 Å². The first-order valence-electron chi connectivity index (χ1n) is 6.90. The van der Waals surface area contributed by atoms with Crippen LogP contribution in [0.1, 0.15) is 63.8 Å². The smallest absolute Gasteiger partial charge is 0.228 e. The van der Waals surface area contributed by atoms with E-state index in [2.05, 4.69) is 17.1 Å². The molecule has 5 heteroatoms. The average Bonchev–Trinajstić information content (AvgIpc) is 2.96. The first-order valence-corrected chi connectivity index (χ1v) is 6.90. The van der Waals surface area contributed by atoms with E-state index in [1.165, 1.54) is 12.8 Å². The van der Waals surface area contributed by atoms with Crippen LogP contribution in [0.4, 0.5) is 0 Å². The van der Waals surface area contributed by atoms with Crippen LogP contribution >= 0.6 is 0 Å². The fourth-order valence-electron chi connectivity index (χ4n) is 2.60. The van der Waals surface area contributed by atoms with Gasteiger partial charge in [0.15, 0.2) is 0 Å². The predicted molar refractivity (Wildman–Crippen MR) is 68.0 cm³/mol. The van der Waals surface area contributed by atoms with Crippen LogP contribution in [0.25, 0.3) is 0 Å². The Balaban J connectivity index is 2.01. The Kier molecular flexibility index (Phi) is 4.35. The maximum atomic E-state index is 6.31. The molecule has 1 atom stereocenters. The summed E-state index contributed by atoms with van der Waals surface area (Å²) in [5.41, 5.74) is 6.17. The molecule has 1 unspecified atom stereocenters. The molecule has 1 saturated carbocycles. The summed E-state index contributed by atoms with van der Waals surface area (Å²) in [6.45, 7) is 4.68. The van der Waals surface area contributed by atoms with E-state index in [9.17, 15) is 0 Å². The number of aromatic nitrogens is 2. The molecule has 1 heterocycles. The summed E-state index contributed by atoms with van der Waals surface area (Å²) in [7, 11) is 0. The molecule has 0 spiro atoms. The van der Waals surface area contributed by atoms with E-state index in [1.807, 2.05) is 6.92 Å². The molecule has 0 aromatic carbocycles. The van der Waals surface area contributed by atoms with E-state index in [1.54, 1.807) is 0 Å². The maximum absolute atomic E-state index is 6.31. The summed E-state index contributed by atoms with van der Waals surface area (Å²) in [5, 5.41) is 4.01. The number of ether oxygens (including phenoxy) is 1. The summed E-state index contributed by atoms with van der Waals surface area (Å²) >= 11 is 0. The van der Waals surface area contributed by atoms with Crippen molar-refractivity contribution in [2.75, 3.05) is 6.61 Å². The normalized spacial score (nSPS) is 20.2. The fraction of sp³-hybridized carbons (Fsp3) is 0.846. The zero-order valence-electron chi connectivity index (χ0n) is 11.3. The van der Waals surface area contributed by atoms with E-state index in [0.29, 0.717) is 24.7 Å². The second kappa shape index (κ2) is 5.80. The second-order valence-electron chi connectivity index (χ2n) is 5.14. The molecule has 0 aliphatic heterocycles. The SMILES string of the molecule is CCOC(CC)c1noc(CC2(N)CCCC2)n1. The molecule has 1 aliphatic carbocycles. The summed E-state index contributed by atoms with van der Waals surface area (Å²) in [4.78, 5) is 4.43. The Bertz CT molecular complexity index is 372. The van der Waals surface area contributed by atoms with Crippen molar-refractivity contribution < 1.29 is 9.26 Å². The van der Waals surface area contributed by atoms with E-state index in [4.69, 9.17) is 15.0 Å². The van der Waals surface area contributed by atoms with Crippen LogP contribution in [0.2, 0.25) is 0 Å². The number of hydrogen-bond acceptors (Lipinski definition) is 5. The van der Waals surface area contributed by atoms with E-state index in [-0.39, 0.29) is 11.6 Å². The fourth-order valence-corrected chi connectivity index (χ4v) is 2.60. The average molecular weight is 253 g/mol. The van der Waals surface area contributed by atoms with Gasteiger partial charge in [-0.25, -0.2) is 0 Å². The standard InChI is InChI=1S/C13H23N3O2/c1-3-10(17-4-2)12-15-11(18-16-12)9-13(14)7-5-6-8-13/h10H,3-9,14H2,1-2H3. The van der Waals surface area contributed by atoms with Crippen LogP contribution in [-0.4, -0.2) is 22.3 Å². The molecule has 5 nitrogen and oxygen atoms in total. The van der Waals surface area contributed by atoms with Crippen molar-refractivity contribution in [2.24, 2.45) is 5.73 Å². The van der Waals surface area contributed by atoms with Gasteiger partial charge in [0.1, 0.15) is 6.10 Å². The second-order valence-corrected chi connectivity index (χ2v) is 5.14. The number of nitrogens with zero attached hydrogens (tertiary/aromatic N) is 2. The van der Waals surface area contributed by atoms with Gasteiger partial charge in [0, 0.05) is 18.6 Å². The highest BCUT2D eigenvalue weighted by Gasteiger charge is 2.32. The Labute approximate surface area is 108 Å². The van der Waals surface area contributed by atoms with Gasteiger partial charge in [-0.3, -0.25) is 0 Å². The molecule has 1 aliphatic rings. The number of nitrogens with two attached hydrogens (primary N) is 1. The highest BCUT2D eigenvalue weighted by molar-refractivity contribution is 4.99. The molecule has 1 aromatic rings. The lowest BCUT2D eigenvalue weighted by atomic mass is 9.95. The van der Waals surface area contributed by atoms with Gasteiger partial charge < -0.3 is 15.0 Å². The highest BCUT2D eigenvalue weighted by Crippen LogP contribution is 2.30. The lowest BCUT2D eigenvalue weighted by Crippen LogP contribution is -2.38. The van der Waals surface area contributed by atoms with Gasteiger partial charge in [0.05, 0.1) is 0 Å². The lowest BCUT2D eigenvalue weighted by Gasteiger charge is -2.20. The Morgan fingerprint density at radius 1 is 1.39 bits per heavy atom. The molecule has 18 heavy (non-hydrogen) atoms. The van der Waals surface area contributed by atoms with Gasteiger partial charge in [0.25, 0.3) is 0 Å². The van der Waals surface area contributed by atoms with E-state index in [0.717, 1.165) is 19.3 Å². The first-order chi connectivity index (χ1) is 8.67. The zero-order chi connectivity index (χ0) is 13.0. The van der Waals surface area contributed by atoms with Crippen molar-refractivity contribution in [3.63, 3.8) is 0 Å². The molecular weight excluding hydrogens is 230 g/mol. The Morgan fingerprint density at radius 2 is 2.11 bits per heavy atom. The van der Waals surface area contributed by atoms with Crippen LogP contribution in [0.15, 0.2) is 4.52 Å². The minimum Gasteiger partial charge on any atom is -0.370 e. The summed E-state index contributed by atoms with van der Waals surface area (Å²) in [6, 6.07) is 0. The van der Waals surface area contributed by atoms with Gasteiger partial charge >= 0.3 is 0 Å². The van der Waals surface area contributed by atoms with Gasteiger partial charge in [0.2, 0.25) is 11.7 Å². The van der Waals surface area contributed by atoms with Gasteiger partial charge in [-0.2, -0.15) is 4.98 Å². The minimum atomic E-state index is -0.142. The monoisotopic (exact) mass is 253 g/mol. The molecule has 0 saturated heterocycles. The van der Waals surface area contributed by atoms with Gasteiger partial charge in [-0.05, 0) is 26.2 Å². The minimum absolute atomic E-state index is 0.0650. The molecule has 0 amide bonds. The number of hydrogen-bond donors (Lipinski definition) is 1. The van der Waals surface area contributed by atoms with E-state index < -0.39 is 0 Å². The highest BCUT2D eigenvalue weighted by atomic mass is 16.5. The van der Waals surface area contributed by atoms with E-state index >= 15 is 0 Å². The lowest BCUT2D eigenvalue weighted by molar-refractivity contribution is 0.0518. The zero-order valence-corrected chi connectivity index (χ0v) is 11.3. The van der Waals surface area contributed by atoms with Crippen molar-refractivity contribution >= 4 is 0 Å². The van der Waals surface area contributed by atoms with Gasteiger partial charge in [-0.1, -0.05) is 24.9 Å². The molecule has 1 fully saturated rings. The molecule has 0 radical (unpaired) electrons. The topological polar surface area (TPSA) is 74.2 Å². The van der Waals surface area contributed by atoms with Gasteiger partial charge in [-0.15, -0.1) is 0 Å². The maximum Gasteiger partial charge on any atom is 0.228 e. The molecule has 0 bridgehead atoms. The summed E-state index contributed by atoms with van der Waals surface area (Å²) in [5.74, 6) is 1.29. The molecule has 1 aromatic heterocycles. The Hall–Kier alpha value is -0.940. The van der Waals surface area contributed by atoms with Crippen LogP contribution in [-0.2, 0) is 11.2 Å². The summed E-state index contributed by atoms with van der Waals surface area (Å²) in [6.07, 6.45) is 5.97. The Morgan fingerprint density at radius 3 is 2.72 bits per heavy atom. The van der Waals surface area contributed by atoms with Crippen molar-refractivity contribution in [1.82, 2.24) is 10.1 Å². The third kappa shape index (κ3) is 3.09. The third-order valence-corrected chi connectivity index (χ3v) is 3.61. The predicted octanol–water partition coefficient (Wildman–Crippen LogP) is 2.37. The molecule has 2 rings (SSSR count). The molecule has 2 N–H and O–H groups in total. The molecule has 102 valence electrons. The summed E-state index contributed by atoms with van der Waals surface area (Å²) < 4.78 is 10.9. The molecular formula is C13H23N3O2. The van der Waals surface area contributed by atoms with Crippen molar-refractivity contribution in [3.05, 3.63) is 11.7 Å². The first kappa shape index (κ1) is 13.5. The van der Waals surface area contributed by atoms with Crippen LogP contribution in [0, 0.1) is 0 Å². The third-order valence-electron chi connectivity index (χ3n) is 3.61. The largest absolute Gasteiger partial charge is 0.370 e. The van der Waals surface area contributed by atoms with Crippen molar-refractivity contribution in [2.45, 2.75) is 64.0 Å². The quantitative estimate of drug-likeness (QED) is 0.842. The van der Waals surface area contributed by atoms with Crippen molar-refractivity contribution in [1.29, 1.82) is 0 Å². The van der Waals surface area contributed by atoms with Crippen molar-refractivity contribution in [3.8, 4) is 0 Å². The van der Waals surface area contributed by atoms with Crippen LogP contribution in [0.5, 0.6) is 0 Å². The van der Waals surface area contributed by atoms with Crippen LogP contribution in [0.3, 0.4) is 0 Å². The number of rotatable bonds is 6.